The summed E-state index contributed by atoms with van der Waals surface area (Å²) in [4.78, 5) is 0. The van der Waals surface area contributed by atoms with E-state index in [9.17, 15) is 13.9 Å². The number of ether oxygens (including phenoxy) is 2. The van der Waals surface area contributed by atoms with Crippen molar-refractivity contribution in [1.82, 2.24) is 5.32 Å². The number of halogens is 2. The quantitative estimate of drug-likeness (QED) is 0.847. The van der Waals surface area contributed by atoms with E-state index in [1.54, 1.807) is 12.1 Å². The summed E-state index contributed by atoms with van der Waals surface area (Å²) in [6, 6.07) is 6.52. The van der Waals surface area contributed by atoms with Gasteiger partial charge in [0.25, 0.3) is 0 Å². The average Bonchev–Trinajstić information content (AvgIpc) is 2.45. The van der Waals surface area contributed by atoms with E-state index in [1.807, 2.05) is 13.0 Å². The van der Waals surface area contributed by atoms with E-state index in [-0.39, 0.29) is 11.8 Å². The van der Waals surface area contributed by atoms with Gasteiger partial charge in [0.1, 0.15) is 5.75 Å². The minimum absolute atomic E-state index is 0.0712. The first-order valence-corrected chi connectivity index (χ1v) is 7.07. The smallest absolute Gasteiger partial charge is 0.387 e. The summed E-state index contributed by atoms with van der Waals surface area (Å²) in [6.45, 7) is 0.655. The summed E-state index contributed by atoms with van der Waals surface area (Å²) in [6.07, 6.45) is 1.20. The molecule has 2 rings (SSSR count). The van der Waals surface area contributed by atoms with Gasteiger partial charge in [0, 0.05) is 38.6 Å². The molecule has 0 aromatic heterocycles. The van der Waals surface area contributed by atoms with Crippen LogP contribution in [-0.2, 0) is 4.74 Å². The van der Waals surface area contributed by atoms with E-state index in [0.717, 1.165) is 5.56 Å². The third-order valence-corrected chi connectivity index (χ3v) is 3.74. The van der Waals surface area contributed by atoms with Crippen molar-refractivity contribution >= 4 is 0 Å². The van der Waals surface area contributed by atoms with E-state index in [1.165, 1.54) is 6.07 Å². The highest BCUT2D eigenvalue weighted by atomic mass is 19.3. The first kappa shape index (κ1) is 16.1. The highest BCUT2D eigenvalue weighted by Crippen LogP contribution is 2.23. The fraction of sp³-hybridized carbons (Fsp3) is 0.600. The van der Waals surface area contributed by atoms with Gasteiger partial charge < -0.3 is 19.9 Å². The number of nitrogens with one attached hydrogen (secondary N) is 1. The second-order valence-electron chi connectivity index (χ2n) is 5.39. The van der Waals surface area contributed by atoms with Gasteiger partial charge in [-0.2, -0.15) is 8.78 Å². The van der Waals surface area contributed by atoms with E-state index in [2.05, 4.69) is 10.1 Å². The van der Waals surface area contributed by atoms with Crippen LogP contribution in [0.2, 0.25) is 0 Å². The molecule has 0 radical (unpaired) electrons. The molecule has 118 valence electrons. The van der Waals surface area contributed by atoms with Crippen LogP contribution in [0.4, 0.5) is 8.78 Å². The molecule has 0 spiro atoms. The van der Waals surface area contributed by atoms with Gasteiger partial charge in [0.2, 0.25) is 0 Å². The Kier molecular flexibility index (Phi) is 5.50. The SMILES string of the molecule is CC(NCC1(O)CCOCC1)c1cccc(OC(F)F)c1. The molecule has 1 fully saturated rings. The van der Waals surface area contributed by atoms with E-state index in [4.69, 9.17) is 4.74 Å². The van der Waals surface area contributed by atoms with Crippen molar-refractivity contribution in [2.45, 2.75) is 38.0 Å². The number of alkyl halides is 2. The topological polar surface area (TPSA) is 50.7 Å². The highest BCUT2D eigenvalue weighted by Gasteiger charge is 2.29. The fourth-order valence-corrected chi connectivity index (χ4v) is 2.35. The maximum absolute atomic E-state index is 12.2. The second kappa shape index (κ2) is 7.15. The van der Waals surface area contributed by atoms with Crippen LogP contribution < -0.4 is 10.1 Å². The maximum atomic E-state index is 12.2. The second-order valence-corrected chi connectivity index (χ2v) is 5.39. The van der Waals surface area contributed by atoms with Crippen molar-refractivity contribution in [3.63, 3.8) is 0 Å². The minimum Gasteiger partial charge on any atom is -0.435 e. The largest absolute Gasteiger partial charge is 0.435 e. The zero-order valence-corrected chi connectivity index (χ0v) is 12.0. The third kappa shape index (κ3) is 4.91. The van der Waals surface area contributed by atoms with Crippen LogP contribution in [0.25, 0.3) is 0 Å². The van der Waals surface area contributed by atoms with Crippen LogP contribution in [0.1, 0.15) is 31.4 Å². The van der Waals surface area contributed by atoms with Crippen molar-refractivity contribution in [3.05, 3.63) is 29.8 Å². The monoisotopic (exact) mass is 301 g/mol. The molecule has 0 amide bonds. The summed E-state index contributed by atoms with van der Waals surface area (Å²) in [5.74, 6) is 0.140. The Labute approximate surface area is 123 Å². The lowest BCUT2D eigenvalue weighted by Crippen LogP contribution is -2.45. The van der Waals surface area contributed by atoms with Gasteiger partial charge in [-0.25, -0.2) is 0 Å². The Balaban J connectivity index is 1.91. The van der Waals surface area contributed by atoms with Gasteiger partial charge in [-0.05, 0) is 24.6 Å². The fourth-order valence-electron chi connectivity index (χ4n) is 2.35. The van der Waals surface area contributed by atoms with Crippen molar-refractivity contribution in [3.8, 4) is 5.75 Å². The lowest BCUT2D eigenvalue weighted by atomic mass is 9.94. The minimum atomic E-state index is -2.83. The number of benzene rings is 1. The summed E-state index contributed by atoms with van der Waals surface area (Å²) in [5.41, 5.74) is 0.0765. The molecule has 1 unspecified atom stereocenters. The molecule has 0 bridgehead atoms. The van der Waals surface area contributed by atoms with Gasteiger partial charge >= 0.3 is 6.61 Å². The lowest BCUT2D eigenvalue weighted by Gasteiger charge is -2.33. The molecule has 4 nitrogen and oxygen atoms in total. The van der Waals surface area contributed by atoms with Gasteiger partial charge in [0.15, 0.2) is 0 Å². The van der Waals surface area contributed by atoms with E-state index < -0.39 is 12.2 Å². The average molecular weight is 301 g/mol. The maximum Gasteiger partial charge on any atom is 0.387 e. The van der Waals surface area contributed by atoms with Crippen LogP contribution in [0.3, 0.4) is 0 Å². The number of hydrogen-bond acceptors (Lipinski definition) is 4. The lowest BCUT2D eigenvalue weighted by molar-refractivity contribution is -0.0626. The van der Waals surface area contributed by atoms with Crippen molar-refractivity contribution < 1.29 is 23.4 Å². The number of aliphatic hydroxyl groups is 1. The Bertz CT molecular complexity index is 450. The van der Waals surface area contributed by atoms with Crippen molar-refractivity contribution in [2.75, 3.05) is 19.8 Å². The Morgan fingerprint density at radius 3 is 2.76 bits per heavy atom. The molecule has 0 saturated carbocycles. The zero-order chi connectivity index (χ0) is 15.3. The molecule has 1 atom stereocenters. The molecule has 0 aliphatic carbocycles. The van der Waals surface area contributed by atoms with Crippen molar-refractivity contribution in [2.24, 2.45) is 0 Å². The van der Waals surface area contributed by atoms with Gasteiger partial charge in [-0.1, -0.05) is 12.1 Å². The molecule has 1 saturated heterocycles. The predicted molar refractivity (Wildman–Crippen MR) is 74.5 cm³/mol. The highest BCUT2D eigenvalue weighted by molar-refractivity contribution is 5.30. The molecule has 6 heteroatoms. The van der Waals surface area contributed by atoms with Gasteiger partial charge in [0.05, 0.1) is 5.60 Å². The van der Waals surface area contributed by atoms with Gasteiger partial charge in [-0.15, -0.1) is 0 Å². The molecule has 1 aliphatic heterocycles. The summed E-state index contributed by atoms with van der Waals surface area (Å²) in [7, 11) is 0. The van der Waals surface area contributed by atoms with Crippen LogP contribution in [-0.4, -0.2) is 37.1 Å². The molecule has 1 aromatic carbocycles. The molecular formula is C15H21F2NO3. The summed E-state index contributed by atoms with van der Waals surface area (Å²) >= 11 is 0. The van der Waals surface area contributed by atoms with Crippen LogP contribution in [0.15, 0.2) is 24.3 Å². The summed E-state index contributed by atoms with van der Waals surface area (Å²) in [5, 5.41) is 13.6. The third-order valence-electron chi connectivity index (χ3n) is 3.74. The van der Waals surface area contributed by atoms with Crippen LogP contribution in [0.5, 0.6) is 5.75 Å². The first-order chi connectivity index (χ1) is 9.98. The predicted octanol–water partition coefficient (Wildman–Crippen LogP) is 2.48. The molecular weight excluding hydrogens is 280 g/mol. The van der Waals surface area contributed by atoms with Gasteiger partial charge in [-0.3, -0.25) is 0 Å². The Morgan fingerprint density at radius 2 is 2.10 bits per heavy atom. The number of hydrogen-bond donors (Lipinski definition) is 2. The molecule has 21 heavy (non-hydrogen) atoms. The van der Waals surface area contributed by atoms with E-state index >= 15 is 0 Å². The first-order valence-electron chi connectivity index (χ1n) is 7.07. The normalized spacial score (nSPS) is 19.5. The Hall–Kier alpha value is -1.24. The van der Waals surface area contributed by atoms with E-state index in [0.29, 0.717) is 32.6 Å². The Morgan fingerprint density at radius 1 is 1.38 bits per heavy atom. The standard InChI is InChI=1S/C15H21F2NO3/c1-11(18-10-15(19)5-7-20-8-6-15)12-3-2-4-13(9-12)21-14(16)17/h2-4,9,11,14,18-19H,5-8,10H2,1H3. The van der Waals surface area contributed by atoms with Crippen LogP contribution >= 0.6 is 0 Å². The zero-order valence-electron chi connectivity index (χ0n) is 12.0. The molecule has 2 N–H and O–H groups in total. The van der Waals surface area contributed by atoms with Crippen LogP contribution in [0, 0.1) is 0 Å². The molecule has 1 aromatic rings. The molecule has 1 aliphatic rings. The molecule has 1 heterocycles. The number of rotatable bonds is 6. The summed E-state index contributed by atoms with van der Waals surface area (Å²) < 4.78 is 34.0. The van der Waals surface area contributed by atoms with Crippen molar-refractivity contribution in [1.29, 1.82) is 0 Å².